The second-order valence-electron chi connectivity index (χ2n) is 6.55. The normalized spacial score (nSPS) is 16.3. The summed E-state index contributed by atoms with van der Waals surface area (Å²) in [6, 6.07) is 6.78. The SMILES string of the molecule is CCCN1CCC(NC(=NCC(=O)Nc2ccc(O)cc2)NCC)CC1. The van der Waals surface area contributed by atoms with Gasteiger partial charge in [-0.05, 0) is 57.0 Å². The van der Waals surface area contributed by atoms with Crippen LogP contribution in [-0.4, -0.2) is 60.6 Å². The monoisotopic (exact) mass is 361 g/mol. The van der Waals surface area contributed by atoms with E-state index < -0.39 is 0 Å². The number of amides is 1. The molecule has 0 saturated carbocycles. The van der Waals surface area contributed by atoms with Crippen LogP contribution in [0.1, 0.15) is 33.1 Å². The third-order valence-electron chi connectivity index (χ3n) is 4.34. The molecule has 0 spiro atoms. The summed E-state index contributed by atoms with van der Waals surface area (Å²) in [4.78, 5) is 19.0. The number of hydrogen-bond donors (Lipinski definition) is 4. The number of guanidine groups is 1. The molecule has 0 radical (unpaired) electrons. The number of aromatic hydroxyl groups is 1. The maximum atomic E-state index is 12.1. The Balaban J connectivity index is 1.82. The van der Waals surface area contributed by atoms with Gasteiger partial charge in [0, 0.05) is 31.4 Å². The Hall–Kier alpha value is -2.28. The van der Waals surface area contributed by atoms with Crippen LogP contribution in [0.5, 0.6) is 5.75 Å². The number of nitrogens with zero attached hydrogens (tertiary/aromatic N) is 2. The molecule has 1 aliphatic rings. The van der Waals surface area contributed by atoms with Crippen LogP contribution < -0.4 is 16.0 Å². The van der Waals surface area contributed by atoms with Crippen molar-refractivity contribution in [2.45, 2.75) is 39.2 Å². The highest BCUT2D eigenvalue weighted by Crippen LogP contribution is 2.13. The molecule has 7 nitrogen and oxygen atoms in total. The quantitative estimate of drug-likeness (QED) is 0.338. The van der Waals surface area contributed by atoms with Crippen LogP contribution in [0.4, 0.5) is 5.69 Å². The summed E-state index contributed by atoms with van der Waals surface area (Å²) in [6.07, 6.45) is 3.37. The lowest BCUT2D eigenvalue weighted by atomic mass is 10.1. The number of hydrogen-bond acceptors (Lipinski definition) is 4. The number of benzene rings is 1. The van der Waals surface area contributed by atoms with E-state index in [1.54, 1.807) is 12.1 Å². The first-order chi connectivity index (χ1) is 12.6. The van der Waals surface area contributed by atoms with Crippen molar-refractivity contribution in [3.8, 4) is 5.75 Å². The Morgan fingerprint density at radius 2 is 1.92 bits per heavy atom. The number of anilines is 1. The molecule has 0 unspecified atom stereocenters. The number of rotatable bonds is 7. The number of carbonyl (C=O) groups excluding carboxylic acids is 1. The van der Waals surface area contributed by atoms with Crippen LogP contribution in [0.3, 0.4) is 0 Å². The third kappa shape index (κ3) is 6.92. The van der Waals surface area contributed by atoms with Gasteiger partial charge >= 0.3 is 0 Å². The molecule has 1 fully saturated rings. The van der Waals surface area contributed by atoms with Gasteiger partial charge in [0.1, 0.15) is 12.3 Å². The molecular formula is C19H31N5O2. The molecule has 0 aliphatic carbocycles. The summed E-state index contributed by atoms with van der Waals surface area (Å²) in [5.74, 6) is 0.664. The molecule has 7 heteroatoms. The highest BCUT2D eigenvalue weighted by molar-refractivity contribution is 5.94. The van der Waals surface area contributed by atoms with Crippen molar-refractivity contribution in [2.24, 2.45) is 4.99 Å². The molecule has 26 heavy (non-hydrogen) atoms. The Labute approximate surface area is 155 Å². The first kappa shape index (κ1) is 20.0. The van der Waals surface area contributed by atoms with Gasteiger partial charge in [0.15, 0.2) is 5.96 Å². The molecule has 1 aromatic carbocycles. The van der Waals surface area contributed by atoms with Crippen molar-refractivity contribution in [1.29, 1.82) is 0 Å². The number of nitrogens with one attached hydrogen (secondary N) is 3. The summed E-state index contributed by atoms with van der Waals surface area (Å²) < 4.78 is 0. The Kier molecular flexibility index (Phi) is 8.21. The van der Waals surface area contributed by atoms with Crippen LogP contribution in [0.15, 0.2) is 29.3 Å². The topological polar surface area (TPSA) is 89.0 Å². The van der Waals surface area contributed by atoms with Gasteiger partial charge in [-0.15, -0.1) is 0 Å². The molecule has 1 aliphatic heterocycles. The van der Waals surface area contributed by atoms with Crippen LogP contribution in [0.2, 0.25) is 0 Å². The summed E-state index contributed by atoms with van der Waals surface area (Å²) in [5, 5.41) is 18.7. The fraction of sp³-hybridized carbons (Fsp3) is 0.579. The fourth-order valence-corrected chi connectivity index (χ4v) is 3.03. The maximum Gasteiger partial charge on any atom is 0.246 e. The highest BCUT2D eigenvalue weighted by Gasteiger charge is 2.19. The first-order valence-electron chi connectivity index (χ1n) is 9.46. The molecule has 1 saturated heterocycles. The largest absolute Gasteiger partial charge is 0.508 e. The number of aliphatic imine (C=N–C) groups is 1. The molecule has 0 atom stereocenters. The molecule has 0 bridgehead atoms. The second kappa shape index (κ2) is 10.7. The minimum absolute atomic E-state index is 0.0465. The van der Waals surface area contributed by atoms with E-state index in [1.807, 2.05) is 6.92 Å². The van der Waals surface area contributed by atoms with Crippen molar-refractivity contribution in [3.05, 3.63) is 24.3 Å². The lowest BCUT2D eigenvalue weighted by molar-refractivity contribution is -0.114. The predicted octanol–water partition coefficient (Wildman–Crippen LogP) is 1.76. The molecular weight excluding hydrogens is 330 g/mol. The van der Waals surface area contributed by atoms with Crippen LogP contribution >= 0.6 is 0 Å². The first-order valence-corrected chi connectivity index (χ1v) is 9.46. The van der Waals surface area contributed by atoms with Crippen molar-refractivity contribution in [2.75, 3.05) is 38.0 Å². The van der Waals surface area contributed by atoms with E-state index in [9.17, 15) is 9.90 Å². The minimum Gasteiger partial charge on any atom is -0.508 e. The van der Waals surface area contributed by atoms with Gasteiger partial charge in [0.05, 0.1) is 0 Å². The fourth-order valence-electron chi connectivity index (χ4n) is 3.03. The summed E-state index contributed by atoms with van der Waals surface area (Å²) in [7, 11) is 0. The van der Waals surface area contributed by atoms with E-state index in [0.29, 0.717) is 17.7 Å². The number of piperidine rings is 1. The van der Waals surface area contributed by atoms with Crippen LogP contribution in [0, 0.1) is 0 Å². The molecule has 0 aromatic heterocycles. The summed E-state index contributed by atoms with van der Waals surface area (Å²) >= 11 is 0. The van der Waals surface area contributed by atoms with E-state index >= 15 is 0 Å². The predicted molar refractivity (Wildman–Crippen MR) is 106 cm³/mol. The average Bonchev–Trinajstić information content (AvgIpc) is 2.64. The van der Waals surface area contributed by atoms with Crippen molar-refractivity contribution >= 4 is 17.6 Å². The van der Waals surface area contributed by atoms with Gasteiger partial charge in [0.25, 0.3) is 0 Å². The lowest BCUT2D eigenvalue weighted by Crippen LogP contribution is -2.49. The molecule has 2 rings (SSSR count). The standard InChI is InChI=1S/C19H31N5O2/c1-3-11-24-12-9-16(10-13-24)23-19(20-4-2)21-14-18(26)22-15-5-7-17(25)8-6-15/h5-8,16,25H,3-4,9-14H2,1-2H3,(H,22,26)(H2,20,21,23). The summed E-state index contributed by atoms with van der Waals surface area (Å²) in [6.45, 7) is 8.39. The summed E-state index contributed by atoms with van der Waals surface area (Å²) in [5.41, 5.74) is 0.643. The number of likely N-dealkylation sites (tertiary alicyclic amines) is 1. The van der Waals surface area contributed by atoms with Crippen molar-refractivity contribution < 1.29 is 9.90 Å². The molecule has 1 heterocycles. The van der Waals surface area contributed by atoms with Crippen LogP contribution in [0.25, 0.3) is 0 Å². The van der Waals surface area contributed by atoms with E-state index in [-0.39, 0.29) is 18.2 Å². The highest BCUT2D eigenvalue weighted by atomic mass is 16.3. The molecule has 4 N–H and O–H groups in total. The smallest absolute Gasteiger partial charge is 0.246 e. The number of carbonyl (C=O) groups is 1. The van der Waals surface area contributed by atoms with Crippen molar-refractivity contribution in [3.63, 3.8) is 0 Å². The molecule has 1 amide bonds. The maximum absolute atomic E-state index is 12.1. The van der Waals surface area contributed by atoms with Crippen molar-refractivity contribution in [1.82, 2.24) is 15.5 Å². The molecule has 1 aromatic rings. The van der Waals surface area contributed by atoms with Gasteiger partial charge in [-0.2, -0.15) is 0 Å². The van der Waals surface area contributed by atoms with Gasteiger partial charge < -0.3 is 26.0 Å². The number of phenolic OH excluding ortho intramolecular Hbond substituents is 1. The zero-order valence-electron chi connectivity index (χ0n) is 15.8. The Bertz CT molecular complexity index is 580. The van der Waals surface area contributed by atoms with Gasteiger partial charge in [-0.3, -0.25) is 4.79 Å². The molecule has 144 valence electrons. The van der Waals surface area contributed by atoms with E-state index in [1.165, 1.54) is 18.6 Å². The second-order valence-corrected chi connectivity index (χ2v) is 6.55. The zero-order chi connectivity index (χ0) is 18.8. The van der Waals surface area contributed by atoms with Crippen LogP contribution in [-0.2, 0) is 4.79 Å². The third-order valence-corrected chi connectivity index (χ3v) is 4.34. The van der Waals surface area contributed by atoms with E-state index in [2.05, 4.69) is 32.8 Å². The number of phenols is 1. The zero-order valence-corrected chi connectivity index (χ0v) is 15.8. The van der Waals surface area contributed by atoms with E-state index in [4.69, 9.17) is 0 Å². The Morgan fingerprint density at radius 3 is 2.54 bits per heavy atom. The minimum atomic E-state index is -0.189. The van der Waals surface area contributed by atoms with Gasteiger partial charge in [-0.1, -0.05) is 6.92 Å². The van der Waals surface area contributed by atoms with Gasteiger partial charge in [-0.25, -0.2) is 4.99 Å². The Morgan fingerprint density at radius 1 is 1.23 bits per heavy atom. The van der Waals surface area contributed by atoms with Gasteiger partial charge in [0.2, 0.25) is 5.91 Å². The average molecular weight is 361 g/mol. The lowest BCUT2D eigenvalue weighted by Gasteiger charge is -2.32. The van der Waals surface area contributed by atoms with E-state index in [0.717, 1.165) is 39.0 Å².